The fraction of sp³-hybridized carbons (Fsp3) is 0.440. The van der Waals surface area contributed by atoms with Gasteiger partial charge in [-0.2, -0.15) is 0 Å². The minimum absolute atomic E-state index is 0.0872. The van der Waals surface area contributed by atoms with E-state index in [1.807, 2.05) is 44.2 Å². The van der Waals surface area contributed by atoms with E-state index in [1.54, 1.807) is 7.11 Å². The Bertz CT molecular complexity index is 1020. The van der Waals surface area contributed by atoms with Crippen molar-refractivity contribution in [2.45, 2.75) is 52.1 Å². The summed E-state index contributed by atoms with van der Waals surface area (Å²) in [5.41, 5.74) is 3.44. The first-order chi connectivity index (χ1) is 14.7. The van der Waals surface area contributed by atoms with Crippen molar-refractivity contribution in [1.82, 2.24) is 5.32 Å². The summed E-state index contributed by atoms with van der Waals surface area (Å²) < 4.78 is 5.20. The molecule has 2 amide bonds. The summed E-state index contributed by atoms with van der Waals surface area (Å²) in [5.74, 6) is 0.384. The van der Waals surface area contributed by atoms with Crippen molar-refractivity contribution >= 4 is 23.2 Å². The fourth-order valence-corrected chi connectivity index (χ4v) is 5.14. The van der Waals surface area contributed by atoms with Crippen LogP contribution in [0.1, 0.15) is 43.4 Å². The molecule has 3 atom stereocenters. The van der Waals surface area contributed by atoms with E-state index in [2.05, 4.69) is 35.9 Å². The Morgan fingerprint density at radius 1 is 1.23 bits per heavy atom. The molecule has 2 aromatic rings. The van der Waals surface area contributed by atoms with Crippen LogP contribution in [-0.4, -0.2) is 25.0 Å². The highest BCUT2D eigenvalue weighted by Gasteiger charge is 2.60. The van der Waals surface area contributed by atoms with Crippen LogP contribution in [-0.2, 0) is 15.1 Å². The Hall–Kier alpha value is -2.86. The molecule has 2 aliphatic heterocycles. The van der Waals surface area contributed by atoms with Crippen molar-refractivity contribution in [1.29, 1.82) is 0 Å². The van der Waals surface area contributed by atoms with Gasteiger partial charge >= 0.3 is 0 Å². The predicted octanol–water partition coefficient (Wildman–Crippen LogP) is 4.12. The number of fused-ring (bicyclic) bond motifs is 2. The summed E-state index contributed by atoms with van der Waals surface area (Å²) in [4.78, 5) is 27.0. The second kappa shape index (κ2) is 8.00. The predicted molar refractivity (Wildman–Crippen MR) is 122 cm³/mol. The van der Waals surface area contributed by atoms with Gasteiger partial charge in [0.15, 0.2) is 0 Å². The summed E-state index contributed by atoms with van der Waals surface area (Å²) in [7, 11) is 1.61. The lowest BCUT2D eigenvalue weighted by atomic mass is 9.78. The first-order valence-corrected chi connectivity index (χ1v) is 10.9. The van der Waals surface area contributed by atoms with Gasteiger partial charge in [-0.15, -0.1) is 0 Å². The van der Waals surface area contributed by atoms with Gasteiger partial charge in [0.05, 0.1) is 13.0 Å². The number of benzene rings is 2. The molecule has 1 spiro atoms. The standard InChI is InChI=1S/C25H31N3O3/c1-14(2)10-18-13-21(23(29)26-17-6-8-19(31-5)9-7-17)25(28-18)20-12-15(3)11-16(4)22(20)27-24(25)30/h6-9,11-12,14,18,21,28H,10,13H2,1-5H3,(H,26,29)(H,27,30)/t18-,21+,25-/m1/s1. The third kappa shape index (κ3) is 3.69. The molecule has 0 radical (unpaired) electrons. The number of carbonyl (C=O) groups is 2. The minimum Gasteiger partial charge on any atom is -0.497 e. The number of hydrogen-bond donors (Lipinski definition) is 3. The first-order valence-electron chi connectivity index (χ1n) is 10.9. The number of amides is 2. The summed E-state index contributed by atoms with van der Waals surface area (Å²) in [5, 5.41) is 9.69. The van der Waals surface area contributed by atoms with E-state index in [4.69, 9.17) is 4.74 Å². The van der Waals surface area contributed by atoms with Crippen molar-refractivity contribution in [3.63, 3.8) is 0 Å². The van der Waals surface area contributed by atoms with Crippen LogP contribution >= 0.6 is 0 Å². The fourth-order valence-electron chi connectivity index (χ4n) is 5.14. The maximum Gasteiger partial charge on any atom is 0.250 e. The normalized spacial score (nSPS) is 24.4. The quantitative estimate of drug-likeness (QED) is 0.678. The third-order valence-corrected chi connectivity index (χ3v) is 6.41. The monoisotopic (exact) mass is 421 g/mol. The van der Waals surface area contributed by atoms with E-state index in [1.165, 1.54) is 0 Å². The van der Waals surface area contributed by atoms with Crippen molar-refractivity contribution in [2.24, 2.45) is 11.8 Å². The van der Waals surface area contributed by atoms with Crippen LogP contribution in [0.2, 0.25) is 0 Å². The number of ether oxygens (including phenoxy) is 1. The Morgan fingerprint density at radius 3 is 2.58 bits per heavy atom. The minimum atomic E-state index is -1.05. The van der Waals surface area contributed by atoms with Crippen LogP contribution in [0, 0.1) is 25.7 Å². The lowest BCUT2D eigenvalue weighted by Crippen LogP contribution is -2.52. The van der Waals surface area contributed by atoms with Gasteiger partial charge in [-0.1, -0.05) is 31.5 Å². The highest BCUT2D eigenvalue weighted by atomic mass is 16.5. The number of methoxy groups -OCH3 is 1. The summed E-state index contributed by atoms with van der Waals surface area (Å²) in [6, 6.07) is 11.4. The number of carbonyl (C=O) groups excluding carboxylic acids is 2. The highest BCUT2D eigenvalue weighted by molar-refractivity contribution is 6.11. The second-order valence-corrected chi connectivity index (χ2v) is 9.24. The Morgan fingerprint density at radius 2 is 1.94 bits per heavy atom. The van der Waals surface area contributed by atoms with Crippen LogP contribution in [0.4, 0.5) is 11.4 Å². The molecule has 0 unspecified atom stereocenters. The molecule has 2 aliphatic rings. The second-order valence-electron chi connectivity index (χ2n) is 9.24. The topological polar surface area (TPSA) is 79.5 Å². The van der Waals surface area contributed by atoms with Crippen molar-refractivity contribution in [3.8, 4) is 5.75 Å². The Kier molecular flexibility index (Phi) is 5.52. The molecule has 2 aromatic carbocycles. The SMILES string of the molecule is COc1ccc(NC(=O)[C@@H]2C[C@@H](CC(C)C)N[C@@]23C(=O)Nc2c(C)cc(C)cc23)cc1. The van der Waals surface area contributed by atoms with Gasteiger partial charge in [0.1, 0.15) is 11.3 Å². The van der Waals surface area contributed by atoms with Gasteiger partial charge in [-0.3, -0.25) is 14.9 Å². The Balaban J connectivity index is 1.72. The molecule has 31 heavy (non-hydrogen) atoms. The number of hydrogen-bond acceptors (Lipinski definition) is 4. The van der Waals surface area contributed by atoms with Crippen LogP contribution in [0.3, 0.4) is 0 Å². The Labute approximate surface area is 183 Å². The van der Waals surface area contributed by atoms with Gasteiger partial charge in [0.2, 0.25) is 11.8 Å². The zero-order valence-electron chi connectivity index (χ0n) is 18.8. The molecule has 0 aromatic heterocycles. The van der Waals surface area contributed by atoms with Crippen LogP contribution in [0.25, 0.3) is 0 Å². The van der Waals surface area contributed by atoms with E-state index in [0.717, 1.165) is 34.5 Å². The van der Waals surface area contributed by atoms with E-state index in [0.29, 0.717) is 18.0 Å². The molecule has 4 rings (SSSR count). The van der Waals surface area contributed by atoms with Crippen LogP contribution in [0.5, 0.6) is 5.75 Å². The number of anilines is 2. The molecule has 6 heteroatoms. The van der Waals surface area contributed by atoms with Crippen molar-refractivity contribution < 1.29 is 14.3 Å². The first kappa shape index (κ1) is 21.4. The smallest absolute Gasteiger partial charge is 0.250 e. The third-order valence-electron chi connectivity index (χ3n) is 6.41. The van der Waals surface area contributed by atoms with Gasteiger partial charge in [0, 0.05) is 23.0 Å². The number of nitrogens with one attached hydrogen (secondary N) is 3. The lowest BCUT2D eigenvalue weighted by Gasteiger charge is -2.29. The van der Waals surface area contributed by atoms with Crippen LogP contribution in [0.15, 0.2) is 36.4 Å². The molecule has 6 nitrogen and oxygen atoms in total. The van der Waals surface area contributed by atoms with E-state index in [9.17, 15) is 9.59 Å². The lowest BCUT2D eigenvalue weighted by molar-refractivity contribution is -0.130. The number of aryl methyl sites for hydroxylation is 2. The van der Waals surface area contributed by atoms with Crippen LogP contribution < -0.4 is 20.7 Å². The van der Waals surface area contributed by atoms with Gasteiger partial charge in [-0.25, -0.2) is 0 Å². The largest absolute Gasteiger partial charge is 0.497 e. The van der Waals surface area contributed by atoms with E-state index in [-0.39, 0.29) is 17.9 Å². The summed E-state index contributed by atoms with van der Waals surface area (Å²) in [6.45, 7) is 8.35. The van der Waals surface area contributed by atoms with Crippen molar-refractivity contribution in [2.75, 3.05) is 17.7 Å². The van der Waals surface area contributed by atoms with Gasteiger partial charge in [-0.05, 0) is 62.4 Å². The molecular formula is C25H31N3O3. The molecule has 1 saturated heterocycles. The highest BCUT2D eigenvalue weighted by Crippen LogP contribution is 2.49. The summed E-state index contributed by atoms with van der Waals surface area (Å²) >= 11 is 0. The van der Waals surface area contributed by atoms with E-state index >= 15 is 0 Å². The molecular weight excluding hydrogens is 390 g/mol. The molecule has 0 bridgehead atoms. The zero-order valence-corrected chi connectivity index (χ0v) is 18.8. The average Bonchev–Trinajstić information content (AvgIpc) is 3.22. The van der Waals surface area contributed by atoms with Gasteiger partial charge < -0.3 is 15.4 Å². The van der Waals surface area contributed by atoms with Gasteiger partial charge in [0.25, 0.3) is 0 Å². The maximum absolute atomic E-state index is 13.5. The van der Waals surface area contributed by atoms with Crippen molar-refractivity contribution in [3.05, 3.63) is 53.1 Å². The number of rotatable bonds is 5. The maximum atomic E-state index is 13.5. The molecule has 0 saturated carbocycles. The average molecular weight is 422 g/mol. The zero-order chi connectivity index (χ0) is 22.3. The molecule has 2 heterocycles. The molecule has 3 N–H and O–H groups in total. The molecule has 0 aliphatic carbocycles. The molecule has 164 valence electrons. The summed E-state index contributed by atoms with van der Waals surface area (Å²) in [6.07, 6.45) is 1.52. The molecule has 1 fully saturated rings. The van der Waals surface area contributed by atoms with E-state index < -0.39 is 11.5 Å².